The van der Waals surface area contributed by atoms with Crippen molar-refractivity contribution in [2.45, 2.75) is 57.9 Å². The summed E-state index contributed by atoms with van der Waals surface area (Å²) >= 11 is 3.34. The Hall–Kier alpha value is -2.47. The maximum atomic E-state index is 12.5. The van der Waals surface area contributed by atoms with Gasteiger partial charge in [-0.2, -0.15) is 0 Å². The molecule has 0 aliphatic heterocycles. The zero-order valence-electron chi connectivity index (χ0n) is 17.2. The maximum absolute atomic E-state index is 12.5. The van der Waals surface area contributed by atoms with Gasteiger partial charge in [0.1, 0.15) is 0 Å². The average molecular weight is 471 g/mol. The highest BCUT2D eigenvalue weighted by molar-refractivity contribution is 9.10. The molecule has 1 fully saturated rings. The van der Waals surface area contributed by atoms with E-state index in [1.807, 2.05) is 19.1 Å². The summed E-state index contributed by atoms with van der Waals surface area (Å²) in [6, 6.07) is 12.6. The molecule has 158 valence electrons. The van der Waals surface area contributed by atoms with Crippen LogP contribution in [0.25, 0.3) is 0 Å². The van der Waals surface area contributed by atoms with Gasteiger partial charge in [-0.05, 0) is 55.7 Å². The summed E-state index contributed by atoms with van der Waals surface area (Å²) in [6.45, 7) is 1.86. The fraction of sp³-hybridized carbons (Fsp3) is 0.375. The monoisotopic (exact) mass is 470 g/mol. The third kappa shape index (κ3) is 6.26. The van der Waals surface area contributed by atoms with E-state index in [4.69, 9.17) is 0 Å². The van der Waals surface area contributed by atoms with E-state index in [9.17, 15) is 14.4 Å². The SMILES string of the molecule is Cc1cc(C(=O)NC2CCCCC2)ccc1NC(=O)CCC(=O)c1ccc(Br)cc1. The average Bonchev–Trinajstić information content (AvgIpc) is 2.74. The molecule has 1 aliphatic rings. The fourth-order valence-corrected chi connectivity index (χ4v) is 3.95. The van der Waals surface area contributed by atoms with Gasteiger partial charge in [0.15, 0.2) is 5.78 Å². The van der Waals surface area contributed by atoms with Gasteiger partial charge < -0.3 is 10.6 Å². The summed E-state index contributed by atoms with van der Waals surface area (Å²) in [5, 5.41) is 5.95. The second-order valence-electron chi connectivity index (χ2n) is 7.82. The van der Waals surface area contributed by atoms with Crippen molar-refractivity contribution in [3.05, 3.63) is 63.6 Å². The number of aryl methyl sites for hydroxylation is 1. The number of Topliss-reactive ketones (excluding diaryl/α,β-unsaturated/α-hetero) is 1. The van der Waals surface area contributed by atoms with Crippen LogP contribution in [0.2, 0.25) is 0 Å². The van der Waals surface area contributed by atoms with Gasteiger partial charge >= 0.3 is 0 Å². The van der Waals surface area contributed by atoms with Crippen molar-refractivity contribution in [2.75, 3.05) is 5.32 Å². The van der Waals surface area contributed by atoms with Gasteiger partial charge in [0.25, 0.3) is 5.91 Å². The van der Waals surface area contributed by atoms with Crippen LogP contribution in [0.5, 0.6) is 0 Å². The van der Waals surface area contributed by atoms with Crippen molar-refractivity contribution in [1.82, 2.24) is 5.32 Å². The normalized spacial score (nSPS) is 14.2. The van der Waals surface area contributed by atoms with E-state index in [1.54, 1.807) is 30.3 Å². The first-order valence-electron chi connectivity index (χ1n) is 10.4. The van der Waals surface area contributed by atoms with Crippen LogP contribution in [0.3, 0.4) is 0 Å². The van der Waals surface area contributed by atoms with Gasteiger partial charge in [-0.15, -0.1) is 0 Å². The third-order valence-corrected chi connectivity index (χ3v) is 5.98. The number of ketones is 1. The Kier molecular flexibility index (Phi) is 7.80. The van der Waals surface area contributed by atoms with Crippen LogP contribution in [0.4, 0.5) is 5.69 Å². The molecular weight excluding hydrogens is 444 g/mol. The Morgan fingerprint density at radius 1 is 0.933 bits per heavy atom. The van der Waals surface area contributed by atoms with E-state index in [0.29, 0.717) is 16.8 Å². The first-order valence-corrected chi connectivity index (χ1v) is 11.2. The molecule has 0 radical (unpaired) electrons. The lowest BCUT2D eigenvalue weighted by Gasteiger charge is -2.23. The molecule has 0 atom stereocenters. The Labute approximate surface area is 185 Å². The van der Waals surface area contributed by atoms with Crippen LogP contribution in [0.15, 0.2) is 46.9 Å². The van der Waals surface area contributed by atoms with Crippen LogP contribution in [0, 0.1) is 6.92 Å². The Bertz CT molecular complexity index is 919. The first kappa shape index (κ1) is 22.2. The summed E-state index contributed by atoms with van der Waals surface area (Å²) in [4.78, 5) is 37.0. The lowest BCUT2D eigenvalue weighted by molar-refractivity contribution is -0.116. The largest absolute Gasteiger partial charge is 0.349 e. The van der Waals surface area contributed by atoms with Crippen LogP contribution >= 0.6 is 15.9 Å². The minimum atomic E-state index is -0.219. The first-order chi connectivity index (χ1) is 14.4. The number of carbonyl (C=O) groups is 3. The number of hydrogen-bond donors (Lipinski definition) is 2. The minimum absolute atomic E-state index is 0.0656. The van der Waals surface area contributed by atoms with E-state index in [-0.39, 0.29) is 36.5 Å². The van der Waals surface area contributed by atoms with Crippen molar-refractivity contribution in [1.29, 1.82) is 0 Å². The van der Waals surface area contributed by atoms with E-state index >= 15 is 0 Å². The quantitative estimate of drug-likeness (QED) is 0.530. The third-order valence-electron chi connectivity index (χ3n) is 5.45. The zero-order chi connectivity index (χ0) is 21.5. The van der Waals surface area contributed by atoms with Crippen LogP contribution in [-0.4, -0.2) is 23.6 Å². The van der Waals surface area contributed by atoms with Gasteiger partial charge in [0, 0.05) is 40.2 Å². The van der Waals surface area contributed by atoms with Crippen LogP contribution < -0.4 is 10.6 Å². The predicted molar refractivity (Wildman–Crippen MR) is 122 cm³/mol. The number of halogens is 1. The molecule has 0 heterocycles. The molecule has 2 aromatic rings. The highest BCUT2D eigenvalue weighted by Gasteiger charge is 2.17. The second kappa shape index (κ2) is 10.5. The van der Waals surface area contributed by atoms with Gasteiger partial charge in [-0.3, -0.25) is 14.4 Å². The molecule has 0 spiro atoms. The molecule has 6 heteroatoms. The lowest BCUT2D eigenvalue weighted by Crippen LogP contribution is -2.36. The van der Waals surface area contributed by atoms with Crippen molar-refractivity contribution >= 4 is 39.2 Å². The molecule has 2 N–H and O–H groups in total. The Balaban J connectivity index is 1.52. The topological polar surface area (TPSA) is 75.3 Å². The lowest BCUT2D eigenvalue weighted by atomic mass is 9.95. The predicted octanol–water partition coefficient (Wildman–Crippen LogP) is 5.42. The number of amides is 2. The second-order valence-corrected chi connectivity index (χ2v) is 8.73. The number of anilines is 1. The molecule has 5 nitrogen and oxygen atoms in total. The summed E-state index contributed by atoms with van der Waals surface area (Å²) < 4.78 is 0.906. The molecule has 1 saturated carbocycles. The summed E-state index contributed by atoms with van der Waals surface area (Å²) in [5.74, 6) is -0.352. The number of benzene rings is 2. The van der Waals surface area contributed by atoms with Crippen molar-refractivity contribution in [3.8, 4) is 0 Å². The highest BCUT2D eigenvalue weighted by atomic mass is 79.9. The Morgan fingerprint density at radius 3 is 2.27 bits per heavy atom. The molecular formula is C24H27BrN2O3. The van der Waals surface area contributed by atoms with E-state index in [0.717, 1.165) is 22.9 Å². The van der Waals surface area contributed by atoms with Crippen LogP contribution in [0.1, 0.15) is 71.2 Å². The maximum Gasteiger partial charge on any atom is 0.251 e. The van der Waals surface area contributed by atoms with Crippen LogP contribution in [-0.2, 0) is 4.79 Å². The smallest absolute Gasteiger partial charge is 0.251 e. The van der Waals surface area contributed by atoms with Gasteiger partial charge in [-0.1, -0.05) is 47.3 Å². The molecule has 2 amide bonds. The molecule has 2 aromatic carbocycles. The molecule has 30 heavy (non-hydrogen) atoms. The summed E-state index contributed by atoms with van der Waals surface area (Å²) in [5.41, 5.74) is 2.67. The molecule has 0 unspecified atom stereocenters. The molecule has 3 rings (SSSR count). The zero-order valence-corrected chi connectivity index (χ0v) is 18.8. The molecule has 0 saturated heterocycles. The van der Waals surface area contributed by atoms with Crippen molar-refractivity contribution in [3.63, 3.8) is 0 Å². The highest BCUT2D eigenvalue weighted by Crippen LogP contribution is 2.20. The Morgan fingerprint density at radius 2 is 1.60 bits per heavy atom. The molecule has 1 aliphatic carbocycles. The van der Waals surface area contributed by atoms with Gasteiger partial charge in [0.2, 0.25) is 5.91 Å². The van der Waals surface area contributed by atoms with E-state index in [2.05, 4.69) is 26.6 Å². The molecule has 0 bridgehead atoms. The molecule has 0 aromatic heterocycles. The number of hydrogen-bond acceptors (Lipinski definition) is 3. The number of carbonyl (C=O) groups excluding carboxylic acids is 3. The minimum Gasteiger partial charge on any atom is -0.349 e. The van der Waals surface area contributed by atoms with Gasteiger partial charge in [-0.25, -0.2) is 0 Å². The van der Waals surface area contributed by atoms with Crippen molar-refractivity contribution < 1.29 is 14.4 Å². The number of rotatable bonds is 7. The van der Waals surface area contributed by atoms with Gasteiger partial charge in [0.05, 0.1) is 0 Å². The summed E-state index contributed by atoms with van der Waals surface area (Å²) in [6.07, 6.45) is 5.91. The van der Waals surface area contributed by atoms with E-state index in [1.165, 1.54) is 19.3 Å². The van der Waals surface area contributed by atoms with Crippen molar-refractivity contribution in [2.24, 2.45) is 0 Å². The summed E-state index contributed by atoms with van der Waals surface area (Å²) in [7, 11) is 0. The standard InChI is InChI=1S/C24H27BrN2O3/c1-16-15-18(24(30)26-20-5-3-2-4-6-20)9-12-21(16)27-23(29)14-13-22(28)17-7-10-19(25)11-8-17/h7-12,15,20H,2-6,13-14H2,1H3,(H,26,30)(H,27,29). The fourth-order valence-electron chi connectivity index (χ4n) is 3.68. The number of nitrogens with one attached hydrogen (secondary N) is 2. The van der Waals surface area contributed by atoms with E-state index < -0.39 is 0 Å².